The molecule has 106 valence electrons. The maximum Gasteiger partial charge on any atom is 0.145 e. The van der Waals surface area contributed by atoms with Gasteiger partial charge in [0, 0.05) is 11.6 Å². The Morgan fingerprint density at radius 2 is 2.05 bits per heavy atom. The summed E-state index contributed by atoms with van der Waals surface area (Å²) < 4.78 is 28.6. The van der Waals surface area contributed by atoms with E-state index in [9.17, 15) is 8.78 Å². The molecular weight excluding hydrogens is 312 g/mol. The van der Waals surface area contributed by atoms with Gasteiger partial charge in [-0.3, -0.25) is 0 Å². The highest BCUT2D eigenvalue weighted by Crippen LogP contribution is 2.58. The predicted molar refractivity (Wildman–Crippen MR) is 77.0 cm³/mol. The van der Waals surface area contributed by atoms with Crippen LogP contribution in [0.25, 0.3) is 0 Å². The van der Waals surface area contributed by atoms with Crippen molar-refractivity contribution in [1.82, 2.24) is 5.32 Å². The van der Waals surface area contributed by atoms with Gasteiger partial charge in [0.15, 0.2) is 0 Å². The molecule has 1 aromatic rings. The Kier molecular flexibility index (Phi) is 4.31. The Hall–Kier alpha value is -0.480. The van der Waals surface area contributed by atoms with Crippen LogP contribution in [0.2, 0.25) is 0 Å². The zero-order chi connectivity index (χ0) is 14.2. The standard InChI is InChI=1S/C15H20BrF2N/c1-4-7-19-14(9-8-15(9,2)3)12-11(17)6-5-10(16)13(12)18/h5-6,9,14,19H,4,7-8H2,1-3H3. The van der Waals surface area contributed by atoms with Crippen LogP contribution in [-0.2, 0) is 0 Å². The Balaban J connectivity index is 2.36. The largest absolute Gasteiger partial charge is 0.309 e. The van der Waals surface area contributed by atoms with Gasteiger partial charge in [-0.05, 0) is 58.8 Å². The molecule has 1 nitrogen and oxygen atoms in total. The molecule has 0 saturated heterocycles. The Morgan fingerprint density at radius 3 is 2.58 bits per heavy atom. The maximum absolute atomic E-state index is 14.3. The molecular formula is C15H20BrF2N. The molecule has 1 aliphatic carbocycles. The van der Waals surface area contributed by atoms with Gasteiger partial charge in [-0.2, -0.15) is 0 Å². The minimum atomic E-state index is -0.476. The minimum Gasteiger partial charge on any atom is -0.309 e. The molecule has 1 saturated carbocycles. The first-order valence-electron chi connectivity index (χ1n) is 6.75. The molecule has 1 aromatic carbocycles. The van der Waals surface area contributed by atoms with Crippen molar-refractivity contribution in [2.75, 3.05) is 6.54 Å². The van der Waals surface area contributed by atoms with E-state index in [-0.39, 0.29) is 22.9 Å². The van der Waals surface area contributed by atoms with Crippen LogP contribution in [0.3, 0.4) is 0 Å². The molecule has 2 unspecified atom stereocenters. The van der Waals surface area contributed by atoms with Gasteiger partial charge < -0.3 is 5.32 Å². The van der Waals surface area contributed by atoms with Gasteiger partial charge in [0.05, 0.1) is 4.47 Å². The van der Waals surface area contributed by atoms with Crippen LogP contribution in [0.15, 0.2) is 16.6 Å². The van der Waals surface area contributed by atoms with Gasteiger partial charge in [-0.1, -0.05) is 20.8 Å². The van der Waals surface area contributed by atoms with Crippen LogP contribution < -0.4 is 5.32 Å². The van der Waals surface area contributed by atoms with Crippen LogP contribution in [0.1, 0.15) is 45.2 Å². The Labute approximate surface area is 121 Å². The third-order valence-electron chi connectivity index (χ3n) is 4.00. The van der Waals surface area contributed by atoms with Crippen molar-refractivity contribution in [1.29, 1.82) is 0 Å². The molecule has 0 aromatic heterocycles. The molecule has 0 amide bonds. The highest BCUT2D eigenvalue weighted by molar-refractivity contribution is 9.10. The predicted octanol–water partition coefficient (Wildman–Crippen LogP) is 4.81. The number of hydrogen-bond donors (Lipinski definition) is 1. The van der Waals surface area contributed by atoms with Crippen LogP contribution in [0.4, 0.5) is 8.78 Å². The zero-order valence-corrected chi connectivity index (χ0v) is 13.2. The van der Waals surface area contributed by atoms with Gasteiger partial charge in [0.25, 0.3) is 0 Å². The fourth-order valence-electron chi connectivity index (χ4n) is 2.65. The van der Waals surface area contributed by atoms with E-state index in [1.54, 1.807) is 0 Å². The van der Waals surface area contributed by atoms with E-state index in [2.05, 4.69) is 42.0 Å². The molecule has 2 rings (SSSR count). The molecule has 0 bridgehead atoms. The van der Waals surface area contributed by atoms with Gasteiger partial charge >= 0.3 is 0 Å². The zero-order valence-electron chi connectivity index (χ0n) is 11.6. The van der Waals surface area contributed by atoms with E-state index in [1.165, 1.54) is 12.1 Å². The first-order chi connectivity index (χ1) is 8.88. The fourth-order valence-corrected chi connectivity index (χ4v) is 3.00. The van der Waals surface area contributed by atoms with Gasteiger partial charge in [-0.25, -0.2) is 8.78 Å². The summed E-state index contributed by atoms with van der Waals surface area (Å²) in [4.78, 5) is 0. The molecule has 4 heteroatoms. The van der Waals surface area contributed by atoms with Gasteiger partial charge in [0.2, 0.25) is 0 Å². The SMILES string of the molecule is CCCNC(c1c(F)ccc(Br)c1F)C1CC1(C)C. The summed E-state index contributed by atoms with van der Waals surface area (Å²) in [6.07, 6.45) is 1.95. The van der Waals surface area contributed by atoms with E-state index >= 15 is 0 Å². The number of rotatable bonds is 5. The van der Waals surface area contributed by atoms with E-state index in [4.69, 9.17) is 0 Å². The Morgan fingerprint density at radius 1 is 1.42 bits per heavy atom. The Bertz CT molecular complexity index is 473. The van der Waals surface area contributed by atoms with Crippen molar-refractivity contribution < 1.29 is 8.78 Å². The summed E-state index contributed by atoms with van der Waals surface area (Å²) in [5.74, 6) is -0.648. The van der Waals surface area contributed by atoms with Crippen LogP contribution in [0, 0.1) is 23.0 Å². The minimum absolute atomic E-state index is 0.159. The van der Waals surface area contributed by atoms with Crippen molar-refractivity contribution in [2.45, 2.75) is 39.7 Å². The second-order valence-electron chi connectivity index (χ2n) is 5.99. The smallest absolute Gasteiger partial charge is 0.145 e. The second-order valence-corrected chi connectivity index (χ2v) is 6.84. The highest BCUT2D eigenvalue weighted by atomic mass is 79.9. The van der Waals surface area contributed by atoms with Crippen molar-refractivity contribution >= 4 is 15.9 Å². The molecule has 0 radical (unpaired) electrons. The third kappa shape index (κ3) is 3.00. The number of hydrogen-bond acceptors (Lipinski definition) is 1. The summed E-state index contributed by atoms with van der Waals surface area (Å²) in [6, 6.07) is 2.51. The quantitative estimate of drug-likeness (QED) is 0.763. The molecule has 0 spiro atoms. The van der Waals surface area contributed by atoms with Gasteiger partial charge in [-0.15, -0.1) is 0 Å². The van der Waals surface area contributed by atoms with Crippen LogP contribution >= 0.6 is 15.9 Å². The van der Waals surface area contributed by atoms with E-state index < -0.39 is 11.6 Å². The van der Waals surface area contributed by atoms with E-state index in [1.807, 2.05) is 0 Å². The second kappa shape index (κ2) is 5.49. The van der Waals surface area contributed by atoms with Gasteiger partial charge in [0.1, 0.15) is 11.6 Å². The first-order valence-corrected chi connectivity index (χ1v) is 7.54. The fraction of sp³-hybridized carbons (Fsp3) is 0.600. The summed E-state index contributed by atoms with van der Waals surface area (Å²) in [7, 11) is 0. The summed E-state index contributed by atoms with van der Waals surface area (Å²) in [5, 5.41) is 3.31. The van der Waals surface area contributed by atoms with Crippen molar-refractivity contribution in [3.05, 3.63) is 33.8 Å². The molecule has 0 heterocycles. The summed E-state index contributed by atoms with van der Waals surface area (Å²) in [6.45, 7) is 7.11. The topological polar surface area (TPSA) is 12.0 Å². The first kappa shape index (κ1) is 14.9. The average Bonchev–Trinajstić information content (AvgIpc) is 2.97. The molecule has 0 aliphatic heterocycles. The molecule has 1 fully saturated rings. The summed E-state index contributed by atoms with van der Waals surface area (Å²) >= 11 is 3.15. The lowest BCUT2D eigenvalue weighted by Crippen LogP contribution is -2.27. The monoisotopic (exact) mass is 331 g/mol. The molecule has 1 aliphatic rings. The maximum atomic E-state index is 14.3. The molecule has 1 N–H and O–H groups in total. The number of benzene rings is 1. The highest BCUT2D eigenvalue weighted by Gasteiger charge is 2.51. The van der Waals surface area contributed by atoms with Crippen molar-refractivity contribution in [2.24, 2.45) is 11.3 Å². The average molecular weight is 332 g/mol. The number of halogens is 3. The van der Waals surface area contributed by atoms with Crippen LogP contribution in [0.5, 0.6) is 0 Å². The molecule has 19 heavy (non-hydrogen) atoms. The van der Waals surface area contributed by atoms with Crippen molar-refractivity contribution in [3.8, 4) is 0 Å². The van der Waals surface area contributed by atoms with E-state index in [0.29, 0.717) is 4.47 Å². The lowest BCUT2D eigenvalue weighted by molar-refractivity contribution is 0.387. The lowest BCUT2D eigenvalue weighted by Gasteiger charge is -2.22. The normalized spacial score (nSPS) is 22.3. The third-order valence-corrected chi connectivity index (χ3v) is 4.61. The molecule has 2 atom stereocenters. The number of nitrogens with one attached hydrogen (secondary N) is 1. The van der Waals surface area contributed by atoms with Crippen molar-refractivity contribution in [3.63, 3.8) is 0 Å². The van der Waals surface area contributed by atoms with Crippen LogP contribution in [-0.4, -0.2) is 6.54 Å². The lowest BCUT2D eigenvalue weighted by atomic mass is 9.96. The summed E-state index contributed by atoms with van der Waals surface area (Å²) in [5.41, 5.74) is 0.338. The van der Waals surface area contributed by atoms with E-state index in [0.717, 1.165) is 19.4 Å².